The number of hydrogen-bond donors (Lipinski definition) is 2. The second kappa shape index (κ2) is 5.90. The molecule has 94 valence electrons. The van der Waals surface area contributed by atoms with Crippen molar-refractivity contribution in [1.82, 2.24) is 9.97 Å². The molecule has 0 aliphatic heterocycles. The van der Waals surface area contributed by atoms with Crippen molar-refractivity contribution in [3.63, 3.8) is 0 Å². The number of anilines is 1. The molecule has 0 bridgehead atoms. The highest BCUT2D eigenvalue weighted by Gasteiger charge is 2.07. The lowest BCUT2D eigenvalue weighted by atomic mass is 10.3. The summed E-state index contributed by atoms with van der Waals surface area (Å²) in [7, 11) is 0. The van der Waals surface area contributed by atoms with E-state index in [0.29, 0.717) is 27.6 Å². The Hall–Kier alpha value is -1.50. The summed E-state index contributed by atoms with van der Waals surface area (Å²) in [5, 5.41) is 1.08. The minimum Gasteiger partial charge on any atom is -0.437 e. The van der Waals surface area contributed by atoms with Gasteiger partial charge in [0.05, 0.1) is 5.02 Å². The standard InChI is InChI=1S/C11H11ClN4OS/c1-18-11-14-9(16-13)6-10(15-11)17-8-5-3-2-4-7(8)12/h2-6H,13H2,1H3,(H,14,15,16). The first-order valence-electron chi connectivity index (χ1n) is 5.05. The maximum Gasteiger partial charge on any atom is 0.225 e. The zero-order chi connectivity index (χ0) is 13.0. The monoisotopic (exact) mass is 282 g/mol. The molecule has 0 unspecified atom stereocenters. The molecule has 3 N–H and O–H groups in total. The van der Waals surface area contributed by atoms with Crippen LogP contribution in [0, 0.1) is 0 Å². The molecule has 0 amide bonds. The van der Waals surface area contributed by atoms with Gasteiger partial charge in [0.1, 0.15) is 11.6 Å². The Balaban J connectivity index is 2.31. The number of rotatable bonds is 4. The Labute approximate surface area is 114 Å². The van der Waals surface area contributed by atoms with Gasteiger partial charge in [0.15, 0.2) is 5.16 Å². The lowest BCUT2D eigenvalue weighted by Gasteiger charge is -2.08. The molecular formula is C11H11ClN4OS. The van der Waals surface area contributed by atoms with Gasteiger partial charge in [-0.3, -0.25) is 0 Å². The molecule has 0 atom stereocenters. The zero-order valence-electron chi connectivity index (χ0n) is 9.55. The van der Waals surface area contributed by atoms with Crippen molar-refractivity contribution in [3.8, 4) is 11.6 Å². The SMILES string of the molecule is CSc1nc(NN)cc(Oc2ccccc2Cl)n1. The number of nitrogen functional groups attached to an aromatic ring is 1. The van der Waals surface area contributed by atoms with Crippen molar-refractivity contribution in [3.05, 3.63) is 35.4 Å². The summed E-state index contributed by atoms with van der Waals surface area (Å²) >= 11 is 7.40. The number of thioether (sulfide) groups is 1. The van der Waals surface area contributed by atoms with E-state index in [2.05, 4.69) is 15.4 Å². The molecule has 0 fully saturated rings. The number of hydrazine groups is 1. The van der Waals surface area contributed by atoms with E-state index in [-0.39, 0.29) is 0 Å². The van der Waals surface area contributed by atoms with Crippen LogP contribution >= 0.6 is 23.4 Å². The number of halogens is 1. The van der Waals surface area contributed by atoms with Crippen molar-refractivity contribution in [1.29, 1.82) is 0 Å². The molecule has 0 saturated heterocycles. The number of nitrogens with zero attached hydrogens (tertiary/aromatic N) is 2. The van der Waals surface area contributed by atoms with Crippen LogP contribution in [0.25, 0.3) is 0 Å². The van der Waals surface area contributed by atoms with E-state index in [1.54, 1.807) is 18.2 Å². The minimum absolute atomic E-state index is 0.385. The van der Waals surface area contributed by atoms with Crippen molar-refractivity contribution < 1.29 is 4.74 Å². The van der Waals surface area contributed by atoms with Gasteiger partial charge in [-0.25, -0.2) is 10.8 Å². The number of hydrogen-bond acceptors (Lipinski definition) is 6. The molecule has 5 nitrogen and oxygen atoms in total. The van der Waals surface area contributed by atoms with Crippen molar-refractivity contribution in [2.75, 3.05) is 11.7 Å². The Morgan fingerprint density at radius 3 is 2.78 bits per heavy atom. The van der Waals surface area contributed by atoms with E-state index >= 15 is 0 Å². The summed E-state index contributed by atoms with van der Waals surface area (Å²) in [4.78, 5) is 8.35. The maximum absolute atomic E-state index is 6.01. The second-order valence-corrected chi connectivity index (χ2v) is 4.44. The summed E-state index contributed by atoms with van der Waals surface area (Å²) in [5.41, 5.74) is 2.47. The molecule has 1 heterocycles. The van der Waals surface area contributed by atoms with E-state index in [9.17, 15) is 0 Å². The van der Waals surface area contributed by atoms with Crippen LogP contribution in [0.1, 0.15) is 0 Å². The van der Waals surface area contributed by atoms with Gasteiger partial charge in [-0.2, -0.15) is 4.98 Å². The number of nitrogens with one attached hydrogen (secondary N) is 1. The lowest BCUT2D eigenvalue weighted by molar-refractivity contribution is 0.456. The number of nitrogens with two attached hydrogens (primary N) is 1. The Morgan fingerprint density at radius 1 is 1.33 bits per heavy atom. The van der Waals surface area contributed by atoms with Gasteiger partial charge < -0.3 is 10.2 Å². The summed E-state index contributed by atoms with van der Waals surface area (Å²) in [5.74, 6) is 6.74. The number of ether oxygens (including phenoxy) is 1. The number of benzene rings is 1. The summed E-state index contributed by atoms with van der Waals surface area (Å²) in [6, 6.07) is 8.77. The van der Waals surface area contributed by atoms with E-state index in [0.717, 1.165) is 0 Å². The number of para-hydroxylation sites is 1. The van der Waals surface area contributed by atoms with Gasteiger partial charge in [0, 0.05) is 6.07 Å². The maximum atomic E-state index is 6.01. The molecule has 0 spiro atoms. The highest BCUT2D eigenvalue weighted by atomic mass is 35.5. The highest BCUT2D eigenvalue weighted by Crippen LogP contribution is 2.29. The quantitative estimate of drug-likeness (QED) is 0.389. The predicted molar refractivity (Wildman–Crippen MR) is 73.1 cm³/mol. The molecule has 2 aromatic rings. The van der Waals surface area contributed by atoms with Gasteiger partial charge >= 0.3 is 0 Å². The normalized spacial score (nSPS) is 10.2. The second-order valence-electron chi connectivity index (χ2n) is 3.25. The van der Waals surface area contributed by atoms with Crippen LogP contribution in [0.5, 0.6) is 11.6 Å². The van der Waals surface area contributed by atoms with E-state index in [1.807, 2.05) is 18.4 Å². The summed E-state index contributed by atoms with van der Waals surface area (Å²) in [6.07, 6.45) is 1.87. The van der Waals surface area contributed by atoms with Crippen LogP contribution in [0.2, 0.25) is 5.02 Å². The Kier molecular flexibility index (Phi) is 4.24. The van der Waals surface area contributed by atoms with Crippen molar-refractivity contribution in [2.24, 2.45) is 5.84 Å². The van der Waals surface area contributed by atoms with Gasteiger partial charge in [-0.05, 0) is 18.4 Å². The molecule has 0 aliphatic carbocycles. The van der Waals surface area contributed by atoms with Gasteiger partial charge in [0.25, 0.3) is 0 Å². The molecule has 1 aromatic carbocycles. The van der Waals surface area contributed by atoms with Crippen LogP contribution in [0.3, 0.4) is 0 Å². The molecule has 0 aliphatic rings. The highest BCUT2D eigenvalue weighted by molar-refractivity contribution is 7.98. The predicted octanol–water partition coefficient (Wildman–Crippen LogP) is 2.93. The molecular weight excluding hydrogens is 272 g/mol. The molecule has 18 heavy (non-hydrogen) atoms. The first kappa shape index (κ1) is 12.9. The van der Waals surface area contributed by atoms with Crippen molar-refractivity contribution in [2.45, 2.75) is 5.16 Å². The third-order valence-electron chi connectivity index (χ3n) is 2.06. The van der Waals surface area contributed by atoms with Crippen LogP contribution in [0.15, 0.2) is 35.5 Å². The van der Waals surface area contributed by atoms with Crippen LogP contribution in [-0.2, 0) is 0 Å². The smallest absolute Gasteiger partial charge is 0.225 e. The lowest BCUT2D eigenvalue weighted by Crippen LogP contribution is -2.09. The average Bonchev–Trinajstić information content (AvgIpc) is 2.41. The molecule has 0 saturated carbocycles. The topological polar surface area (TPSA) is 73.1 Å². The van der Waals surface area contributed by atoms with E-state index in [1.165, 1.54) is 11.8 Å². The van der Waals surface area contributed by atoms with E-state index in [4.69, 9.17) is 22.2 Å². The third-order valence-corrected chi connectivity index (χ3v) is 2.92. The average molecular weight is 283 g/mol. The zero-order valence-corrected chi connectivity index (χ0v) is 11.1. The largest absolute Gasteiger partial charge is 0.437 e. The van der Waals surface area contributed by atoms with Crippen LogP contribution in [0.4, 0.5) is 5.82 Å². The molecule has 7 heteroatoms. The fourth-order valence-electron chi connectivity index (χ4n) is 1.26. The fourth-order valence-corrected chi connectivity index (χ4v) is 1.81. The van der Waals surface area contributed by atoms with Crippen LogP contribution < -0.4 is 16.0 Å². The minimum atomic E-state index is 0.385. The number of aromatic nitrogens is 2. The Bertz CT molecular complexity index is 530. The van der Waals surface area contributed by atoms with Crippen LogP contribution in [-0.4, -0.2) is 16.2 Å². The molecule has 2 rings (SSSR count). The molecule has 0 radical (unpaired) electrons. The van der Waals surface area contributed by atoms with E-state index < -0.39 is 0 Å². The first-order valence-corrected chi connectivity index (χ1v) is 6.65. The Morgan fingerprint density at radius 2 is 2.11 bits per heavy atom. The van der Waals surface area contributed by atoms with Crippen molar-refractivity contribution >= 4 is 29.2 Å². The van der Waals surface area contributed by atoms with Gasteiger partial charge in [-0.1, -0.05) is 35.5 Å². The molecule has 1 aromatic heterocycles. The summed E-state index contributed by atoms with van der Waals surface area (Å²) in [6.45, 7) is 0. The van der Waals surface area contributed by atoms with Gasteiger partial charge in [0.2, 0.25) is 5.88 Å². The van der Waals surface area contributed by atoms with Gasteiger partial charge in [-0.15, -0.1) is 0 Å². The summed E-state index contributed by atoms with van der Waals surface area (Å²) < 4.78 is 5.60. The fraction of sp³-hybridized carbons (Fsp3) is 0.0909. The first-order chi connectivity index (χ1) is 8.72. The third kappa shape index (κ3) is 3.04.